The van der Waals surface area contributed by atoms with Crippen molar-refractivity contribution in [1.29, 1.82) is 0 Å². The van der Waals surface area contributed by atoms with Gasteiger partial charge in [0.2, 0.25) is 0 Å². The highest BCUT2D eigenvalue weighted by Gasteiger charge is 2.23. The van der Waals surface area contributed by atoms with Crippen LogP contribution < -0.4 is 0 Å². The van der Waals surface area contributed by atoms with E-state index in [9.17, 15) is 14.4 Å². The molecule has 22 heavy (non-hydrogen) atoms. The largest absolute Gasteiger partial charge is 0.447 e. The molecular weight excluding hydrogens is 284 g/mol. The minimum atomic E-state index is -1.18. The number of hydrogen-bond donors (Lipinski definition) is 0. The molecule has 0 bridgehead atoms. The first-order chi connectivity index (χ1) is 10.6. The Morgan fingerprint density at radius 3 is 1.73 bits per heavy atom. The second-order valence-corrected chi connectivity index (χ2v) is 4.49. The predicted octanol–water partition coefficient (Wildman–Crippen LogP) is 2.62. The molecule has 0 aromatic heterocycles. The molecule has 2 rings (SSSR count). The van der Waals surface area contributed by atoms with Crippen molar-refractivity contribution in [3.05, 3.63) is 71.8 Å². The standard InChI is InChI=1S/C17H14O5/c1-12(21-16(19)13-8-4-2-5-9-13)15(18)22-17(20)14-10-6-3-7-11-14/h2-12H,1H3. The molecule has 0 radical (unpaired) electrons. The molecule has 0 amide bonds. The minimum absolute atomic E-state index is 0.248. The van der Waals surface area contributed by atoms with Gasteiger partial charge in [-0.3, -0.25) is 0 Å². The molecule has 0 heterocycles. The van der Waals surface area contributed by atoms with Gasteiger partial charge in [0.05, 0.1) is 11.1 Å². The summed E-state index contributed by atoms with van der Waals surface area (Å²) in [6.07, 6.45) is -1.18. The molecule has 2 aromatic rings. The number of rotatable bonds is 4. The summed E-state index contributed by atoms with van der Waals surface area (Å²) in [5.74, 6) is -2.36. The zero-order valence-corrected chi connectivity index (χ0v) is 11.9. The van der Waals surface area contributed by atoms with Gasteiger partial charge in [0.25, 0.3) is 0 Å². The topological polar surface area (TPSA) is 69.7 Å². The van der Waals surface area contributed by atoms with Crippen LogP contribution >= 0.6 is 0 Å². The number of carbonyl (C=O) groups is 3. The highest BCUT2D eigenvalue weighted by molar-refractivity contribution is 5.98. The third-order valence-corrected chi connectivity index (χ3v) is 2.83. The number of ether oxygens (including phenoxy) is 2. The van der Waals surface area contributed by atoms with Gasteiger partial charge in [-0.1, -0.05) is 36.4 Å². The Labute approximate surface area is 127 Å². The molecule has 2 aromatic carbocycles. The Morgan fingerprint density at radius 1 is 0.773 bits per heavy atom. The van der Waals surface area contributed by atoms with Crippen molar-refractivity contribution in [2.45, 2.75) is 13.0 Å². The van der Waals surface area contributed by atoms with Gasteiger partial charge in [-0.05, 0) is 31.2 Å². The molecular formula is C17H14O5. The van der Waals surface area contributed by atoms with Crippen molar-refractivity contribution in [2.75, 3.05) is 0 Å². The second kappa shape index (κ2) is 7.17. The van der Waals surface area contributed by atoms with Crippen LogP contribution in [0.4, 0.5) is 0 Å². The zero-order chi connectivity index (χ0) is 15.9. The van der Waals surface area contributed by atoms with Gasteiger partial charge in [0.1, 0.15) is 0 Å². The maximum Gasteiger partial charge on any atom is 0.355 e. The van der Waals surface area contributed by atoms with Crippen molar-refractivity contribution < 1.29 is 23.9 Å². The first kappa shape index (κ1) is 15.4. The smallest absolute Gasteiger partial charge is 0.355 e. The molecule has 0 aliphatic carbocycles. The lowest BCUT2D eigenvalue weighted by Gasteiger charge is -2.11. The predicted molar refractivity (Wildman–Crippen MR) is 78.2 cm³/mol. The molecule has 1 atom stereocenters. The quantitative estimate of drug-likeness (QED) is 0.641. The summed E-state index contributed by atoms with van der Waals surface area (Å²) in [7, 11) is 0. The number of esters is 3. The van der Waals surface area contributed by atoms with Gasteiger partial charge in [-0.15, -0.1) is 0 Å². The Bertz CT molecular complexity index is 664. The molecule has 0 spiro atoms. The Morgan fingerprint density at radius 2 is 1.23 bits per heavy atom. The maximum absolute atomic E-state index is 11.8. The number of hydrogen-bond acceptors (Lipinski definition) is 5. The first-order valence-corrected chi connectivity index (χ1v) is 6.65. The summed E-state index contributed by atoms with van der Waals surface area (Å²) >= 11 is 0. The van der Waals surface area contributed by atoms with Gasteiger partial charge in [0, 0.05) is 0 Å². The molecule has 0 aliphatic heterocycles. The molecule has 1 unspecified atom stereocenters. The van der Waals surface area contributed by atoms with Crippen molar-refractivity contribution in [1.82, 2.24) is 0 Å². The van der Waals surface area contributed by atoms with Gasteiger partial charge < -0.3 is 9.47 Å². The maximum atomic E-state index is 11.8. The van der Waals surface area contributed by atoms with Crippen LogP contribution in [-0.2, 0) is 14.3 Å². The van der Waals surface area contributed by atoms with Crippen LogP contribution in [0.2, 0.25) is 0 Å². The van der Waals surface area contributed by atoms with Crippen LogP contribution in [0.3, 0.4) is 0 Å². The van der Waals surface area contributed by atoms with E-state index in [1.807, 2.05) is 0 Å². The van der Waals surface area contributed by atoms with E-state index in [0.29, 0.717) is 5.56 Å². The summed E-state index contributed by atoms with van der Waals surface area (Å²) < 4.78 is 9.65. The summed E-state index contributed by atoms with van der Waals surface area (Å²) in [5.41, 5.74) is 0.564. The number of benzene rings is 2. The Hall–Kier alpha value is -2.95. The lowest BCUT2D eigenvalue weighted by atomic mass is 10.2. The number of carbonyl (C=O) groups excluding carboxylic acids is 3. The van der Waals surface area contributed by atoms with Crippen LogP contribution in [0.1, 0.15) is 27.6 Å². The molecule has 112 valence electrons. The van der Waals surface area contributed by atoms with Crippen molar-refractivity contribution in [3.63, 3.8) is 0 Å². The third kappa shape index (κ3) is 4.02. The molecule has 0 saturated heterocycles. The van der Waals surface area contributed by atoms with E-state index in [1.54, 1.807) is 48.5 Å². The average molecular weight is 298 g/mol. The third-order valence-electron chi connectivity index (χ3n) is 2.83. The summed E-state index contributed by atoms with van der Waals surface area (Å²) in [6, 6.07) is 16.3. The van der Waals surface area contributed by atoms with E-state index in [2.05, 4.69) is 4.74 Å². The summed E-state index contributed by atoms with van der Waals surface area (Å²) in [4.78, 5) is 35.3. The summed E-state index contributed by atoms with van der Waals surface area (Å²) in [6.45, 7) is 1.35. The second-order valence-electron chi connectivity index (χ2n) is 4.49. The monoisotopic (exact) mass is 298 g/mol. The Balaban J connectivity index is 1.92. The highest BCUT2D eigenvalue weighted by Crippen LogP contribution is 2.07. The van der Waals surface area contributed by atoms with Gasteiger partial charge in [0.15, 0.2) is 6.10 Å². The van der Waals surface area contributed by atoms with Crippen LogP contribution in [0.15, 0.2) is 60.7 Å². The lowest BCUT2D eigenvalue weighted by Crippen LogP contribution is -2.28. The molecule has 0 fully saturated rings. The zero-order valence-electron chi connectivity index (χ0n) is 11.9. The van der Waals surface area contributed by atoms with E-state index in [-0.39, 0.29) is 5.56 Å². The fourth-order valence-electron chi connectivity index (χ4n) is 1.66. The van der Waals surface area contributed by atoms with Gasteiger partial charge in [-0.2, -0.15) is 0 Å². The molecule has 0 N–H and O–H groups in total. The van der Waals surface area contributed by atoms with Gasteiger partial charge >= 0.3 is 17.9 Å². The fraction of sp³-hybridized carbons (Fsp3) is 0.118. The average Bonchev–Trinajstić information content (AvgIpc) is 2.56. The van der Waals surface area contributed by atoms with E-state index in [1.165, 1.54) is 19.1 Å². The van der Waals surface area contributed by atoms with Crippen LogP contribution in [0, 0.1) is 0 Å². The van der Waals surface area contributed by atoms with Gasteiger partial charge in [-0.25, -0.2) is 14.4 Å². The van der Waals surface area contributed by atoms with Crippen LogP contribution in [0.25, 0.3) is 0 Å². The molecule has 5 heteroatoms. The van der Waals surface area contributed by atoms with Crippen molar-refractivity contribution in [3.8, 4) is 0 Å². The highest BCUT2D eigenvalue weighted by atomic mass is 16.6. The van der Waals surface area contributed by atoms with Crippen molar-refractivity contribution in [2.24, 2.45) is 0 Å². The Kier molecular flexibility index (Phi) is 5.03. The lowest BCUT2D eigenvalue weighted by molar-refractivity contribution is -0.147. The molecule has 0 aliphatic rings. The van der Waals surface area contributed by atoms with E-state index in [0.717, 1.165) is 0 Å². The first-order valence-electron chi connectivity index (χ1n) is 6.65. The summed E-state index contributed by atoms with van der Waals surface area (Å²) in [5, 5.41) is 0. The van der Waals surface area contributed by atoms with E-state index >= 15 is 0 Å². The molecule has 5 nitrogen and oxygen atoms in total. The fourth-order valence-corrected chi connectivity index (χ4v) is 1.66. The van der Waals surface area contributed by atoms with Crippen LogP contribution in [0.5, 0.6) is 0 Å². The van der Waals surface area contributed by atoms with Crippen molar-refractivity contribution >= 4 is 17.9 Å². The van der Waals surface area contributed by atoms with E-state index < -0.39 is 24.0 Å². The SMILES string of the molecule is CC(OC(=O)c1ccccc1)C(=O)OC(=O)c1ccccc1. The van der Waals surface area contributed by atoms with Crippen LogP contribution in [-0.4, -0.2) is 24.0 Å². The minimum Gasteiger partial charge on any atom is -0.447 e. The van der Waals surface area contributed by atoms with E-state index in [4.69, 9.17) is 4.74 Å². The normalized spacial score (nSPS) is 11.3. The molecule has 0 saturated carbocycles.